The summed E-state index contributed by atoms with van der Waals surface area (Å²) in [5.74, 6) is 0.916. The second-order valence-electron chi connectivity index (χ2n) is 4.98. The van der Waals surface area contributed by atoms with Crippen LogP contribution in [-0.2, 0) is 5.41 Å². The normalized spacial score (nSPS) is 28.8. The first-order chi connectivity index (χ1) is 7.80. The van der Waals surface area contributed by atoms with Gasteiger partial charge in [-0.15, -0.1) is 0 Å². The number of hydrogen-bond donors (Lipinski definition) is 1. The Labute approximate surface area is 98.5 Å². The maximum Gasteiger partial charge on any atom is 0.0306 e. The molecule has 16 heavy (non-hydrogen) atoms. The van der Waals surface area contributed by atoms with Gasteiger partial charge in [0.2, 0.25) is 0 Å². The average molecular weight is 218 g/mol. The van der Waals surface area contributed by atoms with E-state index in [1.807, 2.05) is 12.4 Å². The monoisotopic (exact) mass is 218 g/mol. The molecule has 1 fully saturated rings. The van der Waals surface area contributed by atoms with E-state index < -0.39 is 0 Å². The minimum absolute atomic E-state index is 0.366. The number of aromatic nitrogens is 1. The van der Waals surface area contributed by atoms with Crippen LogP contribution >= 0.6 is 0 Å². The van der Waals surface area contributed by atoms with Gasteiger partial charge >= 0.3 is 0 Å². The summed E-state index contributed by atoms with van der Waals surface area (Å²) in [6.07, 6.45) is 7.86. The van der Waals surface area contributed by atoms with Crippen molar-refractivity contribution in [3.8, 4) is 0 Å². The Morgan fingerprint density at radius 3 is 2.81 bits per heavy atom. The number of hydrogen-bond acceptors (Lipinski definition) is 2. The topological polar surface area (TPSA) is 24.9 Å². The lowest BCUT2D eigenvalue weighted by molar-refractivity contribution is 0.134. The highest BCUT2D eigenvalue weighted by Crippen LogP contribution is 2.48. The molecule has 1 N–H and O–H groups in total. The van der Waals surface area contributed by atoms with Crippen LogP contribution < -0.4 is 5.32 Å². The third-order valence-electron chi connectivity index (χ3n) is 3.92. The minimum Gasteiger partial charge on any atom is -0.316 e. The van der Waals surface area contributed by atoms with Crippen molar-refractivity contribution in [2.45, 2.75) is 38.5 Å². The van der Waals surface area contributed by atoms with Gasteiger partial charge in [-0.1, -0.05) is 26.3 Å². The van der Waals surface area contributed by atoms with Crippen LogP contribution in [0.1, 0.15) is 38.7 Å². The van der Waals surface area contributed by atoms with Crippen LogP contribution in [0.3, 0.4) is 0 Å². The van der Waals surface area contributed by atoms with Crippen LogP contribution in [0.25, 0.3) is 0 Å². The average Bonchev–Trinajstić information content (AvgIpc) is 2.29. The summed E-state index contributed by atoms with van der Waals surface area (Å²) in [5, 5.41) is 3.51. The molecular weight excluding hydrogens is 196 g/mol. The maximum absolute atomic E-state index is 4.26. The van der Waals surface area contributed by atoms with E-state index in [9.17, 15) is 0 Å². The molecule has 0 radical (unpaired) electrons. The van der Waals surface area contributed by atoms with Gasteiger partial charge in [-0.2, -0.15) is 0 Å². The van der Waals surface area contributed by atoms with Crippen LogP contribution in [-0.4, -0.2) is 18.1 Å². The fraction of sp³-hybridized carbons (Fsp3) is 0.643. The van der Waals surface area contributed by atoms with Gasteiger partial charge in [-0.3, -0.25) is 4.98 Å². The van der Waals surface area contributed by atoms with Gasteiger partial charge in [-0.05, 0) is 36.9 Å². The van der Waals surface area contributed by atoms with Gasteiger partial charge in [0, 0.05) is 24.4 Å². The highest BCUT2D eigenvalue weighted by Gasteiger charge is 2.44. The summed E-state index contributed by atoms with van der Waals surface area (Å²) in [7, 11) is 0. The molecule has 0 aliphatic heterocycles. The van der Waals surface area contributed by atoms with Gasteiger partial charge in [-0.25, -0.2) is 0 Å². The van der Waals surface area contributed by atoms with E-state index >= 15 is 0 Å². The van der Waals surface area contributed by atoms with E-state index in [0.717, 1.165) is 19.0 Å². The second-order valence-corrected chi connectivity index (χ2v) is 4.98. The molecule has 1 aliphatic carbocycles. The lowest BCUT2D eigenvalue weighted by atomic mass is 9.58. The summed E-state index contributed by atoms with van der Waals surface area (Å²) in [5.41, 5.74) is 1.78. The molecule has 1 saturated carbocycles. The van der Waals surface area contributed by atoms with E-state index in [-0.39, 0.29) is 0 Å². The first-order valence-corrected chi connectivity index (χ1v) is 6.42. The van der Waals surface area contributed by atoms with Gasteiger partial charge in [0.1, 0.15) is 0 Å². The minimum atomic E-state index is 0.366. The number of pyridine rings is 1. The molecule has 0 bridgehead atoms. The molecule has 1 aromatic heterocycles. The van der Waals surface area contributed by atoms with E-state index in [2.05, 4.69) is 36.3 Å². The second kappa shape index (κ2) is 4.96. The van der Waals surface area contributed by atoms with Gasteiger partial charge in [0.25, 0.3) is 0 Å². The maximum atomic E-state index is 4.26. The summed E-state index contributed by atoms with van der Waals surface area (Å²) in [6.45, 7) is 6.63. The molecule has 1 heterocycles. The number of rotatable bonds is 5. The van der Waals surface area contributed by atoms with Gasteiger partial charge in [0.05, 0.1) is 0 Å². The third kappa shape index (κ3) is 2.12. The van der Waals surface area contributed by atoms with Crippen molar-refractivity contribution in [2.75, 3.05) is 13.1 Å². The quantitative estimate of drug-likeness (QED) is 0.822. The zero-order valence-electron chi connectivity index (χ0n) is 10.4. The number of likely N-dealkylation sites (N-methyl/N-ethyl adjacent to an activating group) is 1. The van der Waals surface area contributed by atoms with Crippen molar-refractivity contribution < 1.29 is 0 Å². The molecule has 2 nitrogen and oxygen atoms in total. The summed E-state index contributed by atoms with van der Waals surface area (Å²) in [4.78, 5) is 4.26. The van der Waals surface area contributed by atoms with Crippen molar-refractivity contribution in [1.29, 1.82) is 0 Å². The Balaban J connectivity index is 2.11. The largest absolute Gasteiger partial charge is 0.316 e. The molecule has 0 amide bonds. The number of nitrogens with one attached hydrogen (secondary N) is 1. The molecule has 88 valence electrons. The molecule has 0 unspecified atom stereocenters. The highest BCUT2D eigenvalue weighted by molar-refractivity contribution is 5.26. The molecule has 1 aromatic rings. The Morgan fingerprint density at radius 2 is 2.25 bits per heavy atom. The van der Waals surface area contributed by atoms with Crippen molar-refractivity contribution in [3.63, 3.8) is 0 Å². The van der Waals surface area contributed by atoms with Gasteiger partial charge < -0.3 is 5.32 Å². The van der Waals surface area contributed by atoms with Crippen LogP contribution in [0.15, 0.2) is 24.5 Å². The Bertz CT molecular complexity index is 309. The lowest BCUT2D eigenvalue weighted by Crippen LogP contribution is -2.48. The fourth-order valence-corrected chi connectivity index (χ4v) is 2.86. The molecule has 2 heteroatoms. The van der Waals surface area contributed by atoms with Crippen molar-refractivity contribution in [1.82, 2.24) is 10.3 Å². The zero-order chi connectivity index (χ0) is 11.4. The van der Waals surface area contributed by atoms with Crippen molar-refractivity contribution in [3.05, 3.63) is 30.1 Å². The lowest BCUT2D eigenvalue weighted by Gasteiger charge is -2.48. The van der Waals surface area contributed by atoms with Crippen LogP contribution in [0.2, 0.25) is 0 Å². The molecule has 1 aliphatic rings. The van der Waals surface area contributed by atoms with Crippen molar-refractivity contribution in [2.24, 2.45) is 5.92 Å². The summed E-state index contributed by atoms with van der Waals surface area (Å²) < 4.78 is 0. The van der Waals surface area contributed by atoms with E-state index in [1.165, 1.54) is 24.8 Å². The van der Waals surface area contributed by atoms with Gasteiger partial charge in [0.15, 0.2) is 0 Å². The van der Waals surface area contributed by atoms with Crippen LogP contribution in [0.5, 0.6) is 0 Å². The fourth-order valence-electron chi connectivity index (χ4n) is 2.86. The molecular formula is C14H22N2. The van der Waals surface area contributed by atoms with Crippen molar-refractivity contribution >= 4 is 0 Å². The Hall–Kier alpha value is -0.890. The SMILES string of the molecule is CCNCC1(c2cccnc2)CC(CC)C1. The molecule has 0 spiro atoms. The number of nitrogens with zero attached hydrogens (tertiary/aromatic N) is 1. The smallest absolute Gasteiger partial charge is 0.0306 e. The van der Waals surface area contributed by atoms with E-state index in [4.69, 9.17) is 0 Å². The molecule has 0 saturated heterocycles. The summed E-state index contributed by atoms with van der Waals surface area (Å²) >= 11 is 0. The van der Waals surface area contributed by atoms with Crippen LogP contribution in [0, 0.1) is 5.92 Å². The first kappa shape index (κ1) is 11.6. The Morgan fingerprint density at radius 1 is 1.44 bits per heavy atom. The van der Waals surface area contributed by atoms with E-state index in [1.54, 1.807) is 0 Å². The van der Waals surface area contributed by atoms with Crippen LogP contribution in [0.4, 0.5) is 0 Å². The third-order valence-corrected chi connectivity index (χ3v) is 3.92. The molecule has 2 rings (SSSR count). The predicted molar refractivity (Wildman–Crippen MR) is 67.5 cm³/mol. The van der Waals surface area contributed by atoms with E-state index in [0.29, 0.717) is 5.41 Å². The Kier molecular flexibility index (Phi) is 3.59. The zero-order valence-corrected chi connectivity index (χ0v) is 10.4. The predicted octanol–water partition coefficient (Wildman–Crippen LogP) is 2.75. The highest BCUT2D eigenvalue weighted by atomic mass is 14.9. The summed E-state index contributed by atoms with van der Waals surface area (Å²) in [6, 6.07) is 4.29. The molecule has 0 aromatic carbocycles. The standard InChI is InChI=1S/C14H22N2/c1-3-12-8-14(9-12,11-15-4-2)13-6-5-7-16-10-13/h5-7,10,12,15H,3-4,8-9,11H2,1-2H3. The molecule has 0 atom stereocenters. The first-order valence-electron chi connectivity index (χ1n) is 6.42.